The number of aromatic nitrogens is 3. The van der Waals surface area contributed by atoms with Crippen LogP contribution in [0, 0.1) is 0 Å². The highest BCUT2D eigenvalue weighted by atomic mass is 16.2. The summed E-state index contributed by atoms with van der Waals surface area (Å²) in [4.78, 5) is 14.7. The molecule has 0 saturated carbocycles. The van der Waals surface area contributed by atoms with Crippen molar-refractivity contribution in [2.24, 2.45) is 0 Å². The summed E-state index contributed by atoms with van der Waals surface area (Å²) in [6.45, 7) is 2.20. The van der Waals surface area contributed by atoms with Gasteiger partial charge in [0.05, 0.1) is 11.6 Å². The first-order valence-corrected chi connectivity index (χ1v) is 9.05. The maximum Gasteiger partial charge on any atom is 0.237 e. The molecule has 0 fully saturated rings. The first-order valence-electron chi connectivity index (χ1n) is 9.05. The van der Waals surface area contributed by atoms with Crippen molar-refractivity contribution in [3.05, 3.63) is 59.7 Å². The molecule has 0 aliphatic carbocycles. The van der Waals surface area contributed by atoms with Crippen molar-refractivity contribution in [3.8, 4) is 0 Å². The molecule has 6 heteroatoms. The number of hydrogen-bond donors (Lipinski definition) is 1. The van der Waals surface area contributed by atoms with Crippen LogP contribution in [0.25, 0.3) is 11.0 Å². The molecule has 0 radical (unpaired) electrons. The van der Waals surface area contributed by atoms with Crippen molar-refractivity contribution < 1.29 is 4.79 Å². The number of nitrogens with one attached hydrogen (secondary N) is 1. The summed E-state index contributed by atoms with van der Waals surface area (Å²) in [6, 6.07) is 16.2. The lowest BCUT2D eigenvalue weighted by molar-refractivity contribution is -0.126. The third-order valence-corrected chi connectivity index (χ3v) is 5.05. The fourth-order valence-corrected chi connectivity index (χ4v) is 3.59. The normalized spacial score (nSPS) is 17.2. The second-order valence-electron chi connectivity index (χ2n) is 6.85. The van der Waals surface area contributed by atoms with E-state index in [1.807, 2.05) is 42.1 Å². The Morgan fingerprint density at radius 3 is 2.81 bits per heavy atom. The molecule has 1 aliphatic rings. The minimum atomic E-state index is -0.0999. The second kappa shape index (κ2) is 7.25. The number of amides is 1. The Kier molecular flexibility index (Phi) is 4.67. The molecule has 0 bridgehead atoms. The number of likely N-dealkylation sites (N-methyl/N-ethyl adjacent to an activating group) is 1. The van der Waals surface area contributed by atoms with Gasteiger partial charge < -0.3 is 5.32 Å². The van der Waals surface area contributed by atoms with Gasteiger partial charge in [-0.15, -0.1) is 5.10 Å². The third-order valence-electron chi connectivity index (χ3n) is 5.05. The first-order chi connectivity index (χ1) is 12.7. The quantitative estimate of drug-likeness (QED) is 0.716. The van der Waals surface area contributed by atoms with Gasteiger partial charge in [-0.1, -0.05) is 41.6 Å². The molecule has 1 aromatic heterocycles. The van der Waals surface area contributed by atoms with E-state index in [2.05, 4.69) is 38.7 Å². The van der Waals surface area contributed by atoms with Crippen LogP contribution in [0.1, 0.15) is 17.5 Å². The zero-order chi connectivity index (χ0) is 17.9. The van der Waals surface area contributed by atoms with Crippen LogP contribution in [0.5, 0.6) is 0 Å². The second-order valence-corrected chi connectivity index (χ2v) is 6.85. The highest BCUT2D eigenvalue weighted by Crippen LogP contribution is 2.21. The average molecular weight is 349 g/mol. The Balaban J connectivity index is 1.30. The van der Waals surface area contributed by atoms with E-state index in [0.29, 0.717) is 6.54 Å². The lowest BCUT2D eigenvalue weighted by atomic mass is 9.94. The third kappa shape index (κ3) is 3.32. The van der Waals surface area contributed by atoms with Gasteiger partial charge in [0.15, 0.2) is 0 Å². The van der Waals surface area contributed by atoms with E-state index in [-0.39, 0.29) is 11.9 Å². The fourth-order valence-electron chi connectivity index (χ4n) is 3.59. The van der Waals surface area contributed by atoms with Crippen LogP contribution >= 0.6 is 0 Å². The number of carbonyl (C=O) groups is 1. The first kappa shape index (κ1) is 16.7. The molecule has 1 N–H and O–H groups in total. The van der Waals surface area contributed by atoms with Crippen LogP contribution in [0.15, 0.2) is 48.5 Å². The summed E-state index contributed by atoms with van der Waals surface area (Å²) in [5.74, 6) is 0.102. The fraction of sp³-hybridized carbons (Fsp3) is 0.350. The summed E-state index contributed by atoms with van der Waals surface area (Å²) >= 11 is 0. The van der Waals surface area contributed by atoms with Crippen molar-refractivity contribution in [2.45, 2.75) is 32.0 Å². The average Bonchev–Trinajstić information content (AvgIpc) is 3.07. The molecule has 2 heterocycles. The van der Waals surface area contributed by atoms with Gasteiger partial charge in [-0.05, 0) is 43.1 Å². The largest absolute Gasteiger partial charge is 0.355 e. The number of nitrogens with zero attached hydrogens (tertiary/aromatic N) is 4. The van der Waals surface area contributed by atoms with Crippen molar-refractivity contribution in [3.63, 3.8) is 0 Å². The standard InChI is InChI=1S/C20H23N5O/c1-24-14-16-8-3-2-7-15(16)13-19(24)20(26)21-11-6-12-25-18-10-5-4-9-17(18)22-23-25/h2-5,7-10,19H,6,11-14H2,1H3,(H,21,26)/t19-/m0/s1. The van der Waals surface area contributed by atoms with Crippen molar-refractivity contribution >= 4 is 16.9 Å². The molecule has 4 rings (SSSR count). The van der Waals surface area contributed by atoms with Gasteiger partial charge in [0.1, 0.15) is 5.52 Å². The van der Waals surface area contributed by atoms with Gasteiger partial charge in [-0.3, -0.25) is 9.69 Å². The van der Waals surface area contributed by atoms with Crippen molar-refractivity contribution in [1.82, 2.24) is 25.2 Å². The van der Waals surface area contributed by atoms with Gasteiger partial charge in [0.2, 0.25) is 5.91 Å². The van der Waals surface area contributed by atoms with E-state index in [4.69, 9.17) is 0 Å². The zero-order valence-electron chi connectivity index (χ0n) is 14.9. The highest BCUT2D eigenvalue weighted by molar-refractivity contribution is 5.82. The van der Waals surface area contributed by atoms with E-state index in [9.17, 15) is 4.79 Å². The Bertz CT molecular complexity index is 919. The predicted molar refractivity (Wildman–Crippen MR) is 101 cm³/mol. The molecule has 26 heavy (non-hydrogen) atoms. The summed E-state index contributed by atoms with van der Waals surface area (Å²) in [5, 5.41) is 11.4. The van der Waals surface area contributed by atoms with Gasteiger partial charge in [-0.2, -0.15) is 0 Å². The Labute approximate surface area is 152 Å². The molecule has 2 aromatic carbocycles. The van der Waals surface area contributed by atoms with Gasteiger partial charge in [0.25, 0.3) is 0 Å². The van der Waals surface area contributed by atoms with Crippen molar-refractivity contribution in [2.75, 3.05) is 13.6 Å². The van der Waals surface area contributed by atoms with Gasteiger partial charge in [0, 0.05) is 19.6 Å². The van der Waals surface area contributed by atoms with Crippen LogP contribution in [0.2, 0.25) is 0 Å². The van der Waals surface area contributed by atoms with Gasteiger partial charge >= 0.3 is 0 Å². The number of aryl methyl sites for hydroxylation is 1. The lowest BCUT2D eigenvalue weighted by Gasteiger charge is -2.33. The number of benzene rings is 2. The molecule has 1 atom stereocenters. The number of para-hydroxylation sites is 1. The molecule has 0 spiro atoms. The topological polar surface area (TPSA) is 63.1 Å². The van der Waals surface area contributed by atoms with E-state index in [0.717, 1.165) is 37.0 Å². The SMILES string of the molecule is CN1Cc2ccccc2C[C@H]1C(=O)NCCCn1nnc2ccccc21. The molecule has 134 valence electrons. The number of rotatable bonds is 5. The monoisotopic (exact) mass is 349 g/mol. The smallest absolute Gasteiger partial charge is 0.237 e. The van der Waals surface area contributed by atoms with E-state index >= 15 is 0 Å². The maximum atomic E-state index is 12.6. The maximum absolute atomic E-state index is 12.6. The molecular weight excluding hydrogens is 326 g/mol. The van der Waals surface area contributed by atoms with Crippen LogP contribution in [-0.4, -0.2) is 45.4 Å². The van der Waals surface area contributed by atoms with Gasteiger partial charge in [-0.25, -0.2) is 4.68 Å². The molecule has 0 saturated heterocycles. The Morgan fingerprint density at radius 1 is 1.15 bits per heavy atom. The van der Waals surface area contributed by atoms with Crippen LogP contribution in [0.4, 0.5) is 0 Å². The summed E-state index contributed by atoms with van der Waals surface area (Å²) < 4.78 is 1.89. The Hall–Kier alpha value is -2.73. The predicted octanol–water partition coefficient (Wildman–Crippen LogP) is 1.99. The van der Waals surface area contributed by atoms with Crippen LogP contribution in [-0.2, 0) is 24.3 Å². The summed E-state index contributed by atoms with van der Waals surface area (Å²) in [6.07, 6.45) is 1.60. The van der Waals surface area contributed by atoms with Crippen LogP contribution in [0.3, 0.4) is 0 Å². The molecular formula is C20H23N5O. The minimum absolute atomic E-state index is 0.0999. The Morgan fingerprint density at radius 2 is 1.92 bits per heavy atom. The van der Waals surface area contributed by atoms with E-state index < -0.39 is 0 Å². The van der Waals surface area contributed by atoms with E-state index in [1.54, 1.807) is 0 Å². The zero-order valence-corrected chi connectivity index (χ0v) is 14.9. The summed E-state index contributed by atoms with van der Waals surface area (Å²) in [7, 11) is 2.02. The molecule has 1 amide bonds. The number of fused-ring (bicyclic) bond motifs is 2. The minimum Gasteiger partial charge on any atom is -0.355 e. The molecule has 3 aromatic rings. The molecule has 6 nitrogen and oxygen atoms in total. The molecule has 0 unspecified atom stereocenters. The number of hydrogen-bond acceptors (Lipinski definition) is 4. The highest BCUT2D eigenvalue weighted by Gasteiger charge is 2.28. The van der Waals surface area contributed by atoms with Crippen molar-refractivity contribution in [1.29, 1.82) is 0 Å². The summed E-state index contributed by atoms with van der Waals surface area (Å²) in [5.41, 5.74) is 4.53. The van der Waals surface area contributed by atoms with E-state index in [1.165, 1.54) is 11.1 Å². The lowest BCUT2D eigenvalue weighted by Crippen LogP contribution is -2.48. The number of carbonyl (C=O) groups excluding carboxylic acids is 1. The van der Waals surface area contributed by atoms with Crippen LogP contribution < -0.4 is 5.32 Å². The molecule has 1 aliphatic heterocycles.